The fraction of sp³-hybridized carbons (Fsp3) is 0.133. The highest BCUT2D eigenvalue weighted by Gasteiger charge is 2.12. The third kappa shape index (κ3) is 7.66. The first-order valence-corrected chi connectivity index (χ1v) is 12.7. The summed E-state index contributed by atoms with van der Waals surface area (Å²) in [6, 6.07) is 26.4. The second kappa shape index (κ2) is 13.4. The summed E-state index contributed by atoms with van der Waals surface area (Å²) >= 11 is 3.49. The molecule has 1 amide bonds. The number of hydrazone groups is 1. The molecule has 4 aromatic rings. The van der Waals surface area contributed by atoms with Crippen LogP contribution in [-0.2, 0) is 13.2 Å². The van der Waals surface area contributed by atoms with Crippen molar-refractivity contribution in [2.45, 2.75) is 20.1 Å². The van der Waals surface area contributed by atoms with Crippen LogP contribution in [0.2, 0.25) is 0 Å². The second-order valence-electron chi connectivity index (χ2n) is 8.17. The van der Waals surface area contributed by atoms with E-state index in [1.807, 2.05) is 49.4 Å². The normalized spacial score (nSPS) is 10.8. The number of halogens is 2. The Morgan fingerprint density at radius 2 is 1.53 bits per heavy atom. The molecule has 4 rings (SSSR count). The highest BCUT2D eigenvalue weighted by Crippen LogP contribution is 2.29. The van der Waals surface area contributed by atoms with Gasteiger partial charge in [-0.2, -0.15) is 5.10 Å². The number of benzene rings is 4. The molecule has 0 aliphatic heterocycles. The number of nitrogens with one attached hydrogen (secondary N) is 1. The zero-order valence-electron chi connectivity index (χ0n) is 20.7. The van der Waals surface area contributed by atoms with Gasteiger partial charge in [0.15, 0.2) is 11.5 Å². The van der Waals surface area contributed by atoms with E-state index in [4.69, 9.17) is 14.2 Å². The number of amides is 1. The third-order valence-corrected chi connectivity index (χ3v) is 6.01. The average molecular weight is 577 g/mol. The summed E-state index contributed by atoms with van der Waals surface area (Å²) in [6.45, 7) is 3.00. The van der Waals surface area contributed by atoms with Crippen molar-refractivity contribution in [2.24, 2.45) is 5.10 Å². The summed E-state index contributed by atoms with van der Waals surface area (Å²) < 4.78 is 31.2. The summed E-state index contributed by atoms with van der Waals surface area (Å²) in [5.74, 6) is 1.01. The quantitative estimate of drug-likeness (QED) is 0.155. The molecule has 0 atom stereocenters. The van der Waals surface area contributed by atoms with Crippen LogP contribution in [0.15, 0.2) is 101 Å². The van der Waals surface area contributed by atoms with Crippen molar-refractivity contribution in [1.29, 1.82) is 0 Å². The van der Waals surface area contributed by atoms with Gasteiger partial charge >= 0.3 is 0 Å². The first-order valence-electron chi connectivity index (χ1n) is 12.0. The molecule has 0 bridgehead atoms. The van der Waals surface area contributed by atoms with Gasteiger partial charge in [-0.15, -0.1) is 0 Å². The molecule has 8 heteroatoms. The van der Waals surface area contributed by atoms with E-state index >= 15 is 0 Å². The van der Waals surface area contributed by atoms with E-state index in [0.29, 0.717) is 42.6 Å². The van der Waals surface area contributed by atoms with Crippen LogP contribution in [0.3, 0.4) is 0 Å². The van der Waals surface area contributed by atoms with Gasteiger partial charge in [0, 0.05) is 5.56 Å². The number of rotatable bonds is 11. The van der Waals surface area contributed by atoms with Gasteiger partial charge in [0.2, 0.25) is 0 Å². The Balaban J connectivity index is 1.34. The van der Waals surface area contributed by atoms with Crippen LogP contribution in [0.4, 0.5) is 4.39 Å². The van der Waals surface area contributed by atoms with Gasteiger partial charge in [0.25, 0.3) is 5.91 Å². The molecule has 1 N–H and O–H groups in total. The molecule has 0 radical (unpaired) electrons. The minimum atomic E-state index is -0.380. The zero-order chi connectivity index (χ0) is 26.7. The van der Waals surface area contributed by atoms with Gasteiger partial charge in [0.05, 0.1) is 17.3 Å². The first-order chi connectivity index (χ1) is 18.5. The molecule has 0 aromatic heterocycles. The molecule has 0 heterocycles. The average Bonchev–Trinajstić information content (AvgIpc) is 2.93. The van der Waals surface area contributed by atoms with Crippen LogP contribution in [0.1, 0.15) is 34.0 Å². The minimum Gasteiger partial charge on any atom is -0.490 e. The van der Waals surface area contributed by atoms with E-state index in [2.05, 4.69) is 26.5 Å². The molecule has 6 nitrogen and oxygen atoms in total. The molecule has 4 aromatic carbocycles. The van der Waals surface area contributed by atoms with Gasteiger partial charge < -0.3 is 14.2 Å². The Morgan fingerprint density at radius 1 is 0.842 bits per heavy atom. The summed E-state index contributed by atoms with van der Waals surface area (Å²) in [7, 11) is 0. The molecular weight excluding hydrogens is 551 g/mol. The van der Waals surface area contributed by atoms with Crippen molar-refractivity contribution in [3.8, 4) is 17.2 Å². The molecule has 194 valence electrons. The number of ether oxygens (including phenoxy) is 3. The van der Waals surface area contributed by atoms with Crippen molar-refractivity contribution in [3.05, 3.63) is 124 Å². The molecule has 0 aliphatic carbocycles. The zero-order valence-corrected chi connectivity index (χ0v) is 22.3. The fourth-order valence-corrected chi connectivity index (χ4v) is 3.97. The monoisotopic (exact) mass is 576 g/mol. The number of carbonyl (C=O) groups excluding carboxylic acids is 1. The van der Waals surface area contributed by atoms with E-state index in [1.165, 1.54) is 18.3 Å². The molecule has 0 saturated heterocycles. The molecule has 0 aliphatic rings. The molecular formula is C30H26BrFN2O4. The van der Waals surface area contributed by atoms with Crippen molar-refractivity contribution >= 4 is 28.1 Å². The lowest BCUT2D eigenvalue weighted by molar-refractivity contribution is 0.0954. The smallest absolute Gasteiger partial charge is 0.271 e. The van der Waals surface area contributed by atoms with E-state index in [9.17, 15) is 9.18 Å². The lowest BCUT2D eigenvalue weighted by Crippen LogP contribution is -2.17. The Hall–Kier alpha value is -4.17. The molecule has 0 fully saturated rings. The highest BCUT2D eigenvalue weighted by molar-refractivity contribution is 9.10. The first kappa shape index (κ1) is 26.9. The van der Waals surface area contributed by atoms with Crippen molar-refractivity contribution in [1.82, 2.24) is 5.43 Å². The SMILES string of the molecule is CCOc1cc(C(=O)N/N=C/c2ccc(OCc3ccc(F)cc3)c(Br)c2)ccc1OCc1ccccc1. The summed E-state index contributed by atoms with van der Waals surface area (Å²) in [6.07, 6.45) is 1.53. The highest BCUT2D eigenvalue weighted by atomic mass is 79.9. The Kier molecular flexibility index (Phi) is 9.48. The van der Waals surface area contributed by atoms with Gasteiger partial charge in [-0.3, -0.25) is 4.79 Å². The van der Waals surface area contributed by atoms with E-state index in [-0.39, 0.29) is 11.7 Å². The van der Waals surface area contributed by atoms with Crippen molar-refractivity contribution in [3.63, 3.8) is 0 Å². The molecule has 0 unspecified atom stereocenters. The number of hydrogen-bond acceptors (Lipinski definition) is 5. The van der Waals surface area contributed by atoms with Gasteiger partial charge in [-0.25, -0.2) is 9.82 Å². The fourth-order valence-electron chi connectivity index (χ4n) is 3.46. The van der Waals surface area contributed by atoms with Crippen LogP contribution in [-0.4, -0.2) is 18.7 Å². The molecule has 38 heavy (non-hydrogen) atoms. The lowest BCUT2D eigenvalue weighted by atomic mass is 10.2. The predicted molar refractivity (Wildman–Crippen MR) is 148 cm³/mol. The summed E-state index contributed by atoms with van der Waals surface area (Å²) in [4.78, 5) is 12.7. The summed E-state index contributed by atoms with van der Waals surface area (Å²) in [5.41, 5.74) is 5.57. The molecule has 0 saturated carbocycles. The Morgan fingerprint density at radius 3 is 2.24 bits per heavy atom. The lowest BCUT2D eigenvalue weighted by Gasteiger charge is -2.13. The van der Waals surface area contributed by atoms with Crippen LogP contribution < -0.4 is 19.6 Å². The number of carbonyl (C=O) groups is 1. The number of nitrogens with zero attached hydrogens (tertiary/aromatic N) is 1. The topological polar surface area (TPSA) is 69.2 Å². The van der Waals surface area contributed by atoms with Crippen LogP contribution in [0, 0.1) is 5.82 Å². The standard InChI is InChI=1S/C30H26BrFN2O4/c1-2-36-29-17-24(11-15-28(29)38-19-21-6-4-3-5-7-21)30(35)34-33-18-23-10-14-27(26(31)16-23)37-20-22-8-12-25(32)13-9-22/h3-18H,2,19-20H2,1H3,(H,34,35)/b33-18+. The summed E-state index contributed by atoms with van der Waals surface area (Å²) in [5, 5.41) is 4.07. The van der Waals surface area contributed by atoms with Gasteiger partial charge in [-0.1, -0.05) is 42.5 Å². The van der Waals surface area contributed by atoms with E-state index in [0.717, 1.165) is 21.2 Å². The Bertz CT molecular complexity index is 1400. The van der Waals surface area contributed by atoms with Gasteiger partial charge in [-0.05, 0) is 88.1 Å². The molecule has 0 spiro atoms. The van der Waals surface area contributed by atoms with E-state index < -0.39 is 0 Å². The number of hydrogen-bond donors (Lipinski definition) is 1. The van der Waals surface area contributed by atoms with Crippen LogP contribution >= 0.6 is 15.9 Å². The maximum Gasteiger partial charge on any atom is 0.271 e. The Labute approximate surface area is 229 Å². The van der Waals surface area contributed by atoms with Crippen molar-refractivity contribution < 1.29 is 23.4 Å². The van der Waals surface area contributed by atoms with Gasteiger partial charge in [0.1, 0.15) is 24.8 Å². The second-order valence-corrected chi connectivity index (χ2v) is 9.03. The predicted octanol–water partition coefficient (Wildman–Crippen LogP) is 6.91. The largest absolute Gasteiger partial charge is 0.490 e. The maximum atomic E-state index is 13.1. The van der Waals surface area contributed by atoms with E-state index in [1.54, 1.807) is 36.4 Å². The van der Waals surface area contributed by atoms with Crippen molar-refractivity contribution in [2.75, 3.05) is 6.61 Å². The van der Waals surface area contributed by atoms with Crippen LogP contribution in [0.5, 0.6) is 17.2 Å². The minimum absolute atomic E-state index is 0.287. The maximum absolute atomic E-state index is 13.1. The van der Waals surface area contributed by atoms with Crippen LogP contribution in [0.25, 0.3) is 0 Å². The third-order valence-electron chi connectivity index (χ3n) is 5.39.